The second-order valence-electron chi connectivity index (χ2n) is 6.33. The van der Waals surface area contributed by atoms with Crippen LogP contribution in [0.2, 0.25) is 0 Å². The molecule has 6 nitrogen and oxygen atoms in total. The highest BCUT2D eigenvalue weighted by Crippen LogP contribution is 2.38. The summed E-state index contributed by atoms with van der Waals surface area (Å²) in [6, 6.07) is 10.3. The van der Waals surface area contributed by atoms with Crippen molar-refractivity contribution in [3.05, 3.63) is 54.2 Å². The van der Waals surface area contributed by atoms with Crippen LogP contribution in [0.5, 0.6) is 0 Å². The van der Waals surface area contributed by atoms with Gasteiger partial charge in [0, 0.05) is 30.4 Å². The molecule has 1 fully saturated rings. The zero-order valence-electron chi connectivity index (χ0n) is 14.0. The van der Waals surface area contributed by atoms with Crippen LogP contribution >= 0.6 is 0 Å². The van der Waals surface area contributed by atoms with Gasteiger partial charge in [0.2, 0.25) is 11.8 Å². The van der Waals surface area contributed by atoms with Crippen molar-refractivity contribution in [1.82, 2.24) is 24.9 Å². The lowest BCUT2D eigenvalue weighted by molar-refractivity contribution is 0.168. The molecule has 124 valence electrons. The first-order chi connectivity index (χ1) is 11.7. The Morgan fingerprint density at radius 2 is 2.04 bits per heavy atom. The lowest BCUT2D eigenvalue weighted by Crippen LogP contribution is -2.26. The highest BCUT2D eigenvalue weighted by atomic mass is 16.4. The molecular weight excluding hydrogens is 302 g/mol. The molecule has 3 heterocycles. The maximum Gasteiger partial charge on any atom is 0.247 e. The molecule has 1 aliphatic heterocycles. The molecule has 0 spiro atoms. The van der Waals surface area contributed by atoms with Crippen molar-refractivity contribution in [3.63, 3.8) is 0 Å². The Hall–Kier alpha value is -2.47. The summed E-state index contributed by atoms with van der Waals surface area (Å²) in [5.74, 6) is 1.25. The monoisotopic (exact) mass is 323 g/mol. The normalized spacial score (nSPS) is 19.7. The van der Waals surface area contributed by atoms with Crippen LogP contribution in [0.1, 0.15) is 43.3 Å². The van der Waals surface area contributed by atoms with Crippen molar-refractivity contribution >= 4 is 0 Å². The fourth-order valence-corrected chi connectivity index (χ4v) is 3.47. The van der Waals surface area contributed by atoms with Crippen molar-refractivity contribution in [3.8, 4) is 11.5 Å². The molecule has 2 aromatic heterocycles. The predicted octanol–water partition coefficient (Wildman–Crippen LogP) is 3.37. The van der Waals surface area contributed by atoms with Crippen molar-refractivity contribution in [1.29, 1.82) is 0 Å². The van der Waals surface area contributed by atoms with Gasteiger partial charge in [-0.05, 0) is 38.4 Å². The Kier molecular flexibility index (Phi) is 3.90. The Balaban J connectivity index is 1.57. The highest BCUT2D eigenvalue weighted by Gasteiger charge is 2.33. The first-order valence-electron chi connectivity index (χ1n) is 8.35. The first kappa shape index (κ1) is 15.1. The topological polar surface area (TPSA) is 60.0 Å². The lowest BCUT2D eigenvalue weighted by atomic mass is 10.1. The Morgan fingerprint density at radius 3 is 2.79 bits per heavy atom. The molecule has 6 heteroatoms. The van der Waals surface area contributed by atoms with Gasteiger partial charge in [-0.15, -0.1) is 10.2 Å². The van der Waals surface area contributed by atoms with Crippen LogP contribution in [-0.4, -0.2) is 31.4 Å². The smallest absolute Gasteiger partial charge is 0.247 e. The molecule has 3 aromatic rings. The zero-order valence-corrected chi connectivity index (χ0v) is 14.0. The number of hydrogen-bond acceptors (Lipinski definition) is 5. The van der Waals surface area contributed by atoms with E-state index in [4.69, 9.17) is 4.42 Å². The third-order valence-electron chi connectivity index (χ3n) is 4.72. The fraction of sp³-hybridized carbons (Fsp3) is 0.389. The Bertz CT molecular complexity index is 810. The van der Waals surface area contributed by atoms with E-state index in [0.717, 1.165) is 18.5 Å². The quantitative estimate of drug-likeness (QED) is 0.737. The van der Waals surface area contributed by atoms with E-state index < -0.39 is 0 Å². The molecule has 0 radical (unpaired) electrons. The number of nitrogens with zero attached hydrogens (tertiary/aromatic N) is 5. The number of benzene rings is 1. The summed E-state index contributed by atoms with van der Waals surface area (Å²) in [5, 5.41) is 12.8. The minimum Gasteiger partial charge on any atom is -0.419 e. The van der Waals surface area contributed by atoms with Gasteiger partial charge in [0.05, 0.1) is 12.2 Å². The number of hydrogen-bond donors (Lipinski definition) is 0. The Labute approximate surface area is 141 Å². The molecule has 2 atom stereocenters. The van der Waals surface area contributed by atoms with Gasteiger partial charge in [-0.3, -0.25) is 9.58 Å². The van der Waals surface area contributed by atoms with Gasteiger partial charge < -0.3 is 4.42 Å². The molecule has 1 aliphatic rings. The van der Waals surface area contributed by atoms with E-state index in [9.17, 15) is 0 Å². The molecule has 0 aliphatic carbocycles. The van der Waals surface area contributed by atoms with Gasteiger partial charge in [-0.25, -0.2) is 0 Å². The van der Waals surface area contributed by atoms with Gasteiger partial charge in [0.1, 0.15) is 0 Å². The summed E-state index contributed by atoms with van der Waals surface area (Å²) < 4.78 is 7.81. The van der Waals surface area contributed by atoms with E-state index in [2.05, 4.69) is 33.3 Å². The van der Waals surface area contributed by atoms with E-state index >= 15 is 0 Å². The van der Waals surface area contributed by atoms with Crippen molar-refractivity contribution in [2.75, 3.05) is 6.54 Å². The average molecular weight is 323 g/mol. The van der Waals surface area contributed by atoms with Crippen LogP contribution < -0.4 is 0 Å². The van der Waals surface area contributed by atoms with E-state index in [1.54, 1.807) is 0 Å². The molecular formula is C18H21N5O. The zero-order chi connectivity index (χ0) is 16.5. The molecule has 24 heavy (non-hydrogen) atoms. The van der Waals surface area contributed by atoms with Gasteiger partial charge in [0.15, 0.2) is 0 Å². The fourth-order valence-electron chi connectivity index (χ4n) is 3.47. The average Bonchev–Trinajstić information content (AvgIpc) is 3.35. The second kappa shape index (κ2) is 6.20. The van der Waals surface area contributed by atoms with Crippen LogP contribution in [0.4, 0.5) is 0 Å². The molecule has 0 N–H and O–H groups in total. The largest absolute Gasteiger partial charge is 0.419 e. The summed E-state index contributed by atoms with van der Waals surface area (Å²) in [5.41, 5.74) is 2.21. The highest BCUT2D eigenvalue weighted by molar-refractivity contribution is 5.51. The minimum absolute atomic E-state index is 0.0858. The maximum absolute atomic E-state index is 5.95. The van der Waals surface area contributed by atoms with Crippen molar-refractivity contribution < 1.29 is 4.42 Å². The van der Waals surface area contributed by atoms with E-state index in [1.807, 2.05) is 48.3 Å². The lowest BCUT2D eigenvalue weighted by Gasteiger charge is -2.27. The van der Waals surface area contributed by atoms with E-state index in [1.165, 1.54) is 12.0 Å². The van der Waals surface area contributed by atoms with Crippen molar-refractivity contribution in [2.24, 2.45) is 7.05 Å². The summed E-state index contributed by atoms with van der Waals surface area (Å²) in [6.45, 7) is 3.17. The minimum atomic E-state index is 0.0858. The third kappa shape index (κ3) is 2.73. The summed E-state index contributed by atoms with van der Waals surface area (Å²) in [4.78, 5) is 2.43. The van der Waals surface area contributed by atoms with Crippen LogP contribution in [0.3, 0.4) is 0 Å². The third-order valence-corrected chi connectivity index (χ3v) is 4.72. The molecule has 0 unspecified atom stereocenters. The number of aryl methyl sites for hydroxylation is 1. The summed E-state index contributed by atoms with van der Waals surface area (Å²) >= 11 is 0. The molecule has 0 amide bonds. The standard InChI is InChI=1S/C18H21N5O/c1-13(17-20-21-18(24-17)14-7-4-3-5-8-14)23-10-6-9-16(23)15-11-19-22(2)12-15/h3-5,7-8,11-13,16H,6,9-10H2,1-2H3/t13-,16-/m1/s1. The number of rotatable bonds is 4. The van der Waals surface area contributed by atoms with Crippen LogP contribution in [0, 0.1) is 0 Å². The van der Waals surface area contributed by atoms with Crippen LogP contribution in [-0.2, 0) is 7.05 Å². The van der Waals surface area contributed by atoms with Crippen LogP contribution in [0.15, 0.2) is 47.1 Å². The van der Waals surface area contributed by atoms with Gasteiger partial charge in [0.25, 0.3) is 0 Å². The second-order valence-corrected chi connectivity index (χ2v) is 6.33. The van der Waals surface area contributed by atoms with Crippen molar-refractivity contribution in [2.45, 2.75) is 31.8 Å². The van der Waals surface area contributed by atoms with E-state index in [0.29, 0.717) is 17.8 Å². The molecule has 4 rings (SSSR count). The van der Waals surface area contributed by atoms with Gasteiger partial charge in [-0.1, -0.05) is 18.2 Å². The molecule has 1 saturated heterocycles. The molecule has 1 aromatic carbocycles. The summed E-state index contributed by atoms with van der Waals surface area (Å²) in [6.07, 6.45) is 6.36. The van der Waals surface area contributed by atoms with Gasteiger partial charge in [-0.2, -0.15) is 5.10 Å². The number of aromatic nitrogens is 4. The molecule has 0 saturated carbocycles. The SMILES string of the molecule is C[C@H](c1nnc(-c2ccccc2)o1)N1CCC[C@@H]1c1cnn(C)c1. The Morgan fingerprint density at radius 1 is 1.21 bits per heavy atom. The molecule has 0 bridgehead atoms. The first-order valence-corrected chi connectivity index (χ1v) is 8.35. The number of likely N-dealkylation sites (tertiary alicyclic amines) is 1. The predicted molar refractivity (Wildman–Crippen MR) is 90.0 cm³/mol. The van der Waals surface area contributed by atoms with Gasteiger partial charge >= 0.3 is 0 Å². The summed E-state index contributed by atoms with van der Waals surface area (Å²) in [7, 11) is 1.95. The maximum atomic E-state index is 5.95. The van der Waals surface area contributed by atoms with E-state index in [-0.39, 0.29) is 6.04 Å². The van der Waals surface area contributed by atoms with Crippen LogP contribution in [0.25, 0.3) is 11.5 Å².